The normalized spacial score (nSPS) is 27.8. The highest BCUT2D eigenvalue weighted by molar-refractivity contribution is 5.63. The summed E-state index contributed by atoms with van der Waals surface area (Å²) in [4.78, 5) is 4.99. The minimum atomic E-state index is 0.255. The van der Waals surface area contributed by atoms with Gasteiger partial charge in [0.2, 0.25) is 0 Å². The van der Waals surface area contributed by atoms with Crippen molar-refractivity contribution in [2.75, 3.05) is 33.3 Å². The van der Waals surface area contributed by atoms with E-state index in [0.717, 1.165) is 13.1 Å². The van der Waals surface area contributed by atoms with Gasteiger partial charge in [0.1, 0.15) is 0 Å². The first-order chi connectivity index (χ1) is 12.3. The molecule has 0 bridgehead atoms. The molecule has 132 valence electrons. The van der Waals surface area contributed by atoms with E-state index in [4.69, 9.17) is 0 Å². The van der Waals surface area contributed by atoms with Gasteiger partial charge in [0, 0.05) is 24.5 Å². The van der Waals surface area contributed by atoms with Gasteiger partial charge in [0.25, 0.3) is 0 Å². The molecule has 0 unspecified atom stereocenters. The van der Waals surface area contributed by atoms with Crippen LogP contribution in [-0.2, 0) is 0 Å². The van der Waals surface area contributed by atoms with Gasteiger partial charge in [-0.25, -0.2) is 0 Å². The second-order valence-electron chi connectivity index (χ2n) is 7.54. The van der Waals surface area contributed by atoms with Gasteiger partial charge in [-0.2, -0.15) is 0 Å². The number of aliphatic hydroxyl groups is 1. The van der Waals surface area contributed by atoms with Gasteiger partial charge in [0.15, 0.2) is 0 Å². The number of likely N-dealkylation sites (N-methyl/N-ethyl adjacent to an activating group) is 1. The summed E-state index contributed by atoms with van der Waals surface area (Å²) in [6.45, 7) is 3.67. The molecule has 3 nitrogen and oxygen atoms in total. The fourth-order valence-corrected chi connectivity index (χ4v) is 4.64. The molecule has 0 spiro atoms. The minimum Gasteiger partial charge on any atom is -0.395 e. The summed E-state index contributed by atoms with van der Waals surface area (Å²) in [5.74, 6) is 0.440. The molecular weight excluding hydrogens is 308 g/mol. The van der Waals surface area contributed by atoms with Gasteiger partial charge >= 0.3 is 0 Å². The van der Waals surface area contributed by atoms with E-state index >= 15 is 0 Å². The van der Waals surface area contributed by atoms with Crippen LogP contribution in [0.1, 0.15) is 24.3 Å². The fraction of sp³-hybridized carbons (Fsp3) is 0.455. The summed E-state index contributed by atoms with van der Waals surface area (Å²) < 4.78 is 0. The second-order valence-corrected chi connectivity index (χ2v) is 7.54. The summed E-state index contributed by atoms with van der Waals surface area (Å²) in [6, 6.07) is 20.3. The van der Waals surface area contributed by atoms with Crippen molar-refractivity contribution >= 4 is 0 Å². The molecule has 0 radical (unpaired) electrons. The van der Waals surface area contributed by atoms with Gasteiger partial charge in [-0.3, -0.25) is 4.90 Å². The molecule has 2 fully saturated rings. The summed E-state index contributed by atoms with van der Waals surface area (Å²) >= 11 is 0. The van der Waals surface area contributed by atoms with Crippen molar-refractivity contribution in [1.29, 1.82) is 0 Å². The summed E-state index contributed by atoms with van der Waals surface area (Å²) in [6.07, 6.45) is 2.49. The average molecular weight is 336 g/mol. The van der Waals surface area contributed by atoms with Crippen molar-refractivity contribution in [1.82, 2.24) is 9.80 Å². The molecule has 2 aromatic rings. The van der Waals surface area contributed by atoms with E-state index in [0.29, 0.717) is 12.0 Å². The van der Waals surface area contributed by atoms with Gasteiger partial charge in [-0.05, 0) is 49.7 Å². The minimum absolute atomic E-state index is 0.255. The molecule has 2 saturated heterocycles. The molecule has 2 aliphatic heterocycles. The van der Waals surface area contributed by atoms with Crippen molar-refractivity contribution in [3.63, 3.8) is 0 Å². The highest BCUT2D eigenvalue weighted by Gasteiger charge is 2.48. The van der Waals surface area contributed by atoms with Crippen LogP contribution in [-0.4, -0.2) is 60.3 Å². The Morgan fingerprint density at radius 1 is 0.920 bits per heavy atom. The Kier molecular flexibility index (Phi) is 4.89. The lowest BCUT2D eigenvalue weighted by Gasteiger charge is -2.57. The lowest BCUT2D eigenvalue weighted by Crippen LogP contribution is -2.67. The fourth-order valence-electron chi connectivity index (χ4n) is 4.64. The van der Waals surface area contributed by atoms with Crippen molar-refractivity contribution < 1.29 is 5.11 Å². The highest BCUT2D eigenvalue weighted by Crippen LogP contribution is 2.42. The predicted octanol–water partition coefficient (Wildman–Crippen LogP) is 3.21. The summed E-state index contributed by atoms with van der Waals surface area (Å²) in [5, 5.41) is 9.96. The van der Waals surface area contributed by atoms with Crippen LogP contribution in [0, 0.1) is 0 Å². The van der Waals surface area contributed by atoms with Gasteiger partial charge in [0.05, 0.1) is 6.61 Å². The van der Waals surface area contributed by atoms with Crippen LogP contribution in [0.15, 0.2) is 54.6 Å². The smallest absolute Gasteiger partial charge is 0.0593 e. The third-order valence-electron chi connectivity index (χ3n) is 5.98. The topological polar surface area (TPSA) is 26.7 Å². The van der Waals surface area contributed by atoms with E-state index in [-0.39, 0.29) is 12.6 Å². The Labute approximate surface area is 150 Å². The maximum Gasteiger partial charge on any atom is 0.0593 e. The SMILES string of the molecule is CN1CCCCN2[C@H](CO)[C@H](c3ccc(-c4ccccc4)cc3)[C@H]2C1. The largest absolute Gasteiger partial charge is 0.395 e. The molecule has 1 N–H and O–H groups in total. The average Bonchev–Trinajstić information content (AvgIpc) is 2.64. The number of hydrogen-bond acceptors (Lipinski definition) is 3. The predicted molar refractivity (Wildman–Crippen MR) is 103 cm³/mol. The molecule has 3 heteroatoms. The number of benzene rings is 2. The van der Waals surface area contributed by atoms with Crippen LogP contribution in [0.25, 0.3) is 11.1 Å². The van der Waals surface area contributed by atoms with Crippen LogP contribution in [0.5, 0.6) is 0 Å². The van der Waals surface area contributed by atoms with E-state index in [1.807, 2.05) is 0 Å². The first-order valence-corrected chi connectivity index (χ1v) is 9.48. The van der Waals surface area contributed by atoms with Crippen molar-refractivity contribution in [2.45, 2.75) is 30.8 Å². The van der Waals surface area contributed by atoms with Crippen LogP contribution in [0.4, 0.5) is 0 Å². The van der Waals surface area contributed by atoms with Gasteiger partial charge < -0.3 is 10.0 Å². The zero-order valence-corrected chi connectivity index (χ0v) is 15.0. The first-order valence-electron chi connectivity index (χ1n) is 9.48. The van der Waals surface area contributed by atoms with Gasteiger partial charge in [-0.1, -0.05) is 54.6 Å². The van der Waals surface area contributed by atoms with Crippen LogP contribution >= 0.6 is 0 Å². The molecule has 0 aromatic heterocycles. The summed E-state index contributed by atoms with van der Waals surface area (Å²) in [5.41, 5.74) is 3.89. The Morgan fingerprint density at radius 2 is 1.60 bits per heavy atom. The number of aliphatic hydroxyl groups excluding tert-OH is 1. The zero-order valence-electron chi connectivity index (χ0n) is 15.0. The quantitative estimate of drug-likeness (QED) is 0.932. The van der Waals surface area contributed by atoms with Crippen molar-refractivity contribution in [3.05, 3.63) is 60.2 Å². The van der Waals surface area contributed by atoms with Crippen LogP contribution < -0.4 is 0 Å². The maximum atomic E-state index is 9.96. The lowest BCUT2D eigenvalue weighted by atomic mass is 9.74. The molecule has 3 atom stereocenters. The number of fused-ring (bicyclic) bond motifs is 1. The van der Waals surface area contributed by atoms with Gasteiger partial charge in [-0.15, -0.1) is 0 Å². The zero-order chi connectivity index (χ0) is 17.2. The van der Waals surface area contributed by atoms with Crippen LogP contribution in [0.3, 0.4) is 0 Å². The summed E-state index contributed by atoms with van der Waals surface area (Å²) in [7, 11) is 2.23. The van der Waals surface area contributed by atoms with Crippen molar-refractivity contribution in [3.8, 4) is 11.1 Å². The third-order valence-corrected chi connectivity index (χ3v) is 5.98. The Hall–Kier alpha value is -1.68. The molecule has 0 saturated carbocycles. The first kappa shape index (κ1) is 16.8. The molecule has 25 heavy (non-hydrogen) atoms. The maximum absolute atomic E-state index is 9.96. The number of hydrogen-bond donors (Lipinski definition) is 1. The highest BCUT2D eigenvalue weighted by atomic mass is 16.3. The Bertz CT molecular complexity index is 685. The van der Waals surface area contributed by atoms with E-state index in [1.165, 1.54) is 36.1 Å². The monoisotopic (exact) mass is 336 g/mol. The van der Waals surface area contributed by atoms with E-state index in [2.05, 4.69) is 71.4 Å². The molecule has 2 heterocycles. The lowest BCUT2D eigenvalue weighted by molar-refractivity contribution is -0.0614. The number of nitrogens with zero attached hydrogens (tertiary/aromatic N) is 2. The molecule has 4 rings (SSSR count). The third kappa shape index (κ3) is 3.24. The molecule has 2 aromatic carbocycles. The Morgan fingerprint density at radius 3 is 2.32 bits per heavy atom. The standard InChI is InChI=1S/C22H28N2O/c1-23-13-5-6-14-24-20(15-23)22(21(24)16-25)19-11-9-18(10-12-19)17-7-3-2-4-8-17/h2-4,7-12,20-22,25H,5-6,13-16H2,1H3/t20-,21-,22-/m1/s1. The molecule has 2 aliphatic rings. The van der Waals surface area contributed by atoms with Crippen molar-refractivity contribution in [2.24, 2.45) is 0 Å². The Balaban J connectivity index is 1.57. The van der Waals surface area contributed by atoms with E-state index < -0.39 is 0 Å². The molecule has 0 amide bonds. The molecule has 0 aliphatic carbocycles. The van der Waals surface area contributed by atoms with Crippen LogP contribution in [0.2, 0.25) is 0 Å². The van der Waals surface area contributed by atoms with E-state index in [1.54, 1.807) is 0 Å². The second kappa shape index (κ2) is 7.28. The van der Waals surface area contributed by atoms with E-state index in [9.17, 15) is 5.11 Å². The molecular formula is C22H28N2O. The number of rotatable bonds is 3.